The largest absolute Gasteiger partial charge is 0.416 e. The monoisotopic (exact) mass is 491 g/mol. The molecule has 5 rings (SSSR count). The van der Waals surface area contributed by atoms with Gasteiger partial charge in [0.15, 0.2) is 5.76 Å². The highest BCUT2D eigenvalue weighted by Crippen LogP contribution is 2.42. The minimum absolute atomic E-state index is 0.158. The first-order valence-corrected chi connectivity index (χ1v) is 11.0. The topological polar surface area (TPSA) is 120 Å². The molecule has 182 valence electrons. The molecule has 0 saturated carbocycles. The number of alkyl halides is 3. The van der Waals surface area contributed by atoms with E-state index >= 15 is 0 Å². The summed E-state index contributed by atoms with van der Waals surface area (Å²) in [5, 5.41) is 4.08. The Morgan fingerprint density at radius 1 is 1.00 bits per heavy atom. The van der Waals surface area contributed by atoms with E-state index in [1.807, 2.05) is 24.3 Å². The van der Waals surface area contributed by atoms with E-state index in [2.05, 4.69) is 10.1 Å². The second-order valence-electron chi connectivity index (χ2n) is 8.48. The van der Waals surface area contributed by atoms with Crippen LogP contribution in [0.5, 0.6) is 0 Å². The molecule has 1 aliphatic heterocycles. The normalized spacial score (nSPS) is 15.0. The molecule has 0 spiro atoms. The summed E-state index contributed by atoms with van der Waals surface area (Å²) in [6.07, 6.45) is -3.00. The Labute approximate surface area is 203 Å². The van der Waals surface area contributed by atoms with Gasteiger partial charge in [0.1, 0.15) is 11.9 Å². The number of anilines is 1. The molecule has 10 heteroatoms. The number of nitrogens with zero attached hydrogens (tertiary/aromatic N) is 3. The number of hydrogen-bond acceptors (Lipinski definition) is 6. The fraction of sp³-hybridized carbons (Fsp3) is 0.154. The molecule has 0 saturated heterocycles. The molecule has 4 aromatic rings. The van der Waals surface area contributed by atoms with Gasteiger partial charge in [-0.1, -0.05) is 29.4 Å². The lowest BCUT2D eigenvalue weighted by Gasteiger charge is -2.14. The van der Waals surface area contributed by atoms with E-state index in [9.17, 15) is 18.0 Å². The number of aliphatic imine (C=N–C) groups is 1. The number of fused-ring (bicyclic) bond motifs is 3. The summed E-state index contributed by atoms with van der Waals surface area (Å²) in [7, 11) is 0. The van der Waals surface area contributed by atoms with Crippen LogP contribution in [-0.4, -0.2) is 21.8 Å². The smallest absolute Gasteiger partial charge is 0.384 e. The van der Waals surface area contributed by atoms with Gasteiger partial charge in [-0.2, -0.15) is 13.2 Å². The van der Waals surface area contributed by atoms with Crippen LogP contribution < -0.4 is 11.5 Å². The van der Waals surface area contributed by atoms with Gasteiger partial charge in [-0.15, -0.1) is 0 Å². The summed E-state index contributed by atoms with van der Waals surface area (Å²) >= 11 is 0. The van der Waals surface area contributed by atoms with E-state index in [4.69, 9.17) is 21.0 Å². The second-order valence-corrected chi connectivity index (χ2v) is 8.48. The molecule has 3 heterocycles. The molecule has 0 radical (unpaired) electrons. The highest BCUT2D eigenvalue weighted by Gasteiger charge is 2.33. The summed E-state index contributed by atoms with van der Waals surface area (Å²) < 4.78 is 45.2. The Morgan fingerprint density at radius 3 is 2.33 bits per heavy atom. The highest BCUT2D eigenvalue weighted by atomic mass is 19.4. The Kier molecular flexibility index (Phi) is 5.58. The zero-order valence-corrected chi connectivity index (χ0v) is 19.0. The van der Waals surface area contributed by atoms with Gasteiger partial charge in [0, 0.05) is 22.9 Å². The number of aromatic nitrogens is 2. The number of benzene rings is 2. The maximum absolute atomic E-state index is 13.2. The summed E-state index contributed by atoms with van der Waals surface area (Å²) in [4.78, 5) is 20.8. The van der Waals surface area contributed by atoms with Gasteiger partial charge in [0.25, 0.3) is 0 Å². The molecule has 1 unspecified atom stereocenters. The lowest BCUT2D eigenvalue weighted by Crippen LogP contribution is -2.15. The second kappa shape index (κ2) is 8.63. The molecule has 1 amide bonds. The fourth-order valence-electron chi connectivity index (χ4n) is 4.32. The van der Waals surface area contributed by atoms with Crippen LogP contribution in [0.4, 0.5) is 19.0 Å². The number of halogens is 3. The molecule has 36 heavy (non-hydrogen) atoms. The average molecular weight is 491 g/mol. The molecule has 7 nitrogen and oxygen atoms in total. The van der Waals surface area contributed by atoms with Crippen molar-refractivity contribution in [1.29, 1.82) is 0 Å². The van der Waals surface area contributed by atoms with Crippen LogP contribution in [0.1, 0.15) is 40.6 Å². The summed E-state index contributed by atoms with van der Waals surface area (Å²) in [5.41, 5.74) is 15.5. The van der Waals surface area contributed by atoms with E-state index < -0.39 is 23.7 Å². The molecule has 0 fully saturated rings. The van der Waals surface area contributed by atoms with Crippen LogP contribution in [0.3, 0.4) is 0 Å². The van der Waals surface area contributed by atoms with Crippen molar-refractivity contribution in [3.8, 4) is 22.3 Å². The number of primary amides is 1. The van der Waals surface area contributed by atoms with Crippen molar-refractivity contribution in [2.75, 3.05) is 5.73 Å². The Morgan fingerprint density at radius 2 is 1.69 bits per heavy atom. The maximum atomic E-state index is 13.2. The van der Waals surface area contributed by atoms with Crippen LogP contribution in [0.25, 0.3) is 22.3 Å². The SMILES string of the molecule is Cc1noc2c1-c1ccc(-c3ccc(N)nc3)cc1C(c1ccc(C(F)(F)F)cc1)=NC2CC(N)=O. The fourth-order valence-corrected chi connectivity index (χ4v) is 4.32. The number of pyridine rings is 1. The molecular weight excluding hydrogens is 471 g/mol. The highest BCUT2D eigenvalue weighted by molar-refractivity contribution is 6.17. The van der Waals surface area contributed by atoms with Crippen LogP contribution >= 0.6 is 0 Å². The third-order valence-electron chi connectivity index (χ3n) is 6.02. The van der Waals surface area contributed by atoms with Crippen molar-refractivity contribution < 1.29 is 22.5 Å². The first kappa shape index (κ1) is 23.3. The lowest BCUT2D eigenvalue weighted by molar-refractivity contribution is -0.137. The predicted molar refractivity (Wildman–Crippen MR) is 128 cm³/mol. The molecule has 2 aromatic heterocycles. The number of hydrogen-bond donors (Lipinski definition) is 2. The predicted octanol–water partition coefficient (Wildman–Crippen LogP) is 5.08. The number of rotatable bonds is 4. The average Bonchev–Trinajstić information content (AvgIpc) is 3.16. The Balaban J connectivity index is 1.75. The minimum atomic E-state index is -4.48. The number of aryl methyl sites for hydroxylation is 1. The molecule has 0 aliphatic carbocycles. The maximum Gasteiger partial charge on any atom is 0.416 e. The van der Waals surface area contributed by atoms with Gasteiger partial charge in [-0.05, 0) is 48.4 Å². The van der Waals surface area contributed by atoms with Crippen LogP contribution in [-0.2, 0) is 11.0 Å². The molecule has 2 aromatic carbocycles. The van der Waals surface area contributed by atoms with Gasteiger partial charge in [-0.25, -0.2) is 4.98 Å². The summed E-state index contributed by atoms with van der Waals surface area (Å²) in [6, 6.07) is 13.1. The van der Waals surface area contributed by atoms with Crippen molar-refractivity contribution in [3.63, 3.8) is 0 Å². The molecule has 1 atom stereocenters. The van der Waals surface area contributed by atoms with Crippen molar-refractivity contribution in [2.24, 2.45) is 10.7 Å². The third kappa shape index (κ3) is 4.21. The van der Waals surface area contributed by atoms with Crippen molar-refractivity contribution in [2.45, 2.75) is 25.6 Å². The van der Waals surface area contributed by atoms with Crippen molar-refractivity contribution in [3.05, 3.63) is 88.9 Å². The molecule has 1 aliphatic rings. The van der Waals surface area contributed by atoms with E-state index in [0.29, 0.717) is 39.7 Å². The molecule has 0 bridgehead atoms. The van der Waals surface area contributed by atoms with Gasteiger partial charge >= 0.3 is 6.18 Å². The lowest BCUT2D eigenvalue weighted by atomic mass is 9.90. The third-order valence-corrected chi connectivity index (χ3v) is 6.02. The quantitative estimate of drug-likeness (QED) is 0.412. The molecule has 4 N–H and O–H groups in total. The van der Waals surface area contributed by atoms with E-state index in [-0.39, 0.29) is 6.42 Å². The first-order chi connectivity index (χ1) is 17.1. The van der Waals surface area contributed by atoms with Crippen LogP contribution in [0.15, 0.2) is 70.3 Å². The van der Waals surface area contributed by atoms with Crippen LogP contribution in [0, 0.1) is 6.92 Å². The summed E-state index contributed by atoms with van der Waals surface area (Å²) in [6.45, 7) is 1.77. The van der Waals surface area contributed by atoms with E-state index in [1.165, 1.54) is 12.1 Å². The molecular formula is C26H20F3N5O2. The van der Waals surface area contributed by atoms with Gasteiger partial charge in [-0.3, -0.25) is 9.79 Å². The number of nitrogen functional groups attached to an aromatic ring is 1. The van der Waals surface area contributed by atoms with Crippen LogP contribution in [0.2, 0.25) is 0 Å². The minimum Gasteiger partial charge on any atom is -0.384 e. The Hall–Kier alpha value is -4.47. The Bertz CT molecular complexity index is 1490. The van der Waals surface area contributed by atoms with Gasteiger partial charge < -0.3 is 16.0 Å². The number of carbonyl (C=O) groups excluding carboxylic acids is 1. The van der Waals surface area contributed by atoms with Gasteiger partial charge in [0.05, 0.1) is 29.0 Å². The zero-order valence-electron chi connectivity index (χ0n) is 19.0. The first-order valence-electron chi connectivity index (χ1n) is 11.0. The van der Waals surface area contributed by atoms with E-state index in [1.54, 1.807) is 19.2 Å². The zero-order chi connectivity index (χ0) is 25.6. The number of amides is 1. The standard InChI is InChI=1S/C26H20F3N5O2/c1-13-23-18-8-4-15(16-5-9-21(30)32-12-16)10-19(18)24(14-2-6-17(7-3-14)26(27,28)29)33-20(11-22(31)35)25(23)36-34-13/h2-10,12,20H,11H2,1H3,(H2,30,32)(H2,31,35). The van der Waals surface area contributed by atoms with Crippen molar-refractivity contribution >= 4 is 17.4 Å². The van der Waals surface area contributed by atoms with Crippen molar-refractivity contribution in [1.82, 2.24) is 10.1 Å². The van der Waals surface area contributed by atoms with E-state index in [0.717, 1.165) is 28.8 Å². The number of carbonyl (C=O) groups is 1. The summed E-state index contributed by atoms with van der Waals surface area (Å²) in [5.74, 6) is 0.144. The van der Waals surface area contributed by atoms with Gasteiger partial charge in [0.2, 0.25) is 5.91 Å². The number of nitrogens with two attached hydrogens (primary N) is 2.